The summed E-state index contributed by atoms with van der Waals surface area (Å²) in [6.45, 7) is 0. The van der Waals surface area contributed by atoms with Gasteiger partial charge >= 0.3 is 0 Å². The van der Waals surface area contributed by atoms with E-state index in [0.717, 1.165) is 17.7 Å². The first-order valence-corrected chi connectivity index (χ1v) is 8.55. The van der Waals surface area contributed by atoms with Crippen molar-refractivity contribution < 1.29 is 14.3 Å². The predicted molar refractivity (Wildman–Crippen MR) is 93.9 cm³/mol. The largest absolute Gasteiger partial charge is 0.497 e. The number of carbonyl (C=O) groups is 2. The zero-order chi connectivity index (χ0) is 16.9. The van der Waals surface area contributed by atoms with Crippen molar-refractivity contribution in [3.63, 3.8) is 0 Å². The monoisotopic (exact) mass is 342 g/mol. The smallest absolute Gasteiger partial charge is 0.268 e. The van der Waals surface area contributed by atoms with Gasteiger partial charge in [-0.05, 0) is 54.6 Å². The highest BCUT2D eigenvalue weighted by atomic mass is 32.1. The van der Waals surface area contributed by atoms with E-state index in [1.54, 1.807) is 37.5 Å². The fourth-order valence-electron chi connectivity index (χ4n) is 2.10. The van der Waals surface area contributed by atoms with Crippen LogP contribution in [0.3, 0.4) is 0 Å². The van der Waals surface area contributed by atoms with Crippen molar-refractivity contribution in [1.82, 2.24) is 10.6 Å². The maximum Gasteiger partial charge on any atom is 0.268 e. The Hall–Kier alpha value is -2.60. The molecule has 1 aliphatic carbocycles. The van der Waals surface area contributed by atoms with Crippen LogP contribution in [0.25, 0.3) is 6.08 Å². The Morgan fingerprint density at radius 1 is 1.21 bits per heavy atom. The molecule has 0 atom stereocenters. The Balaban J connectivity index is 1.76. The summed E-state index contributed by atoms with van der Waals surface area (Å²) < 4.78 is 5.08. The summed E-state index contributed by atoms with van der Waals surface area (Å²) in [5, 5.41) is 7.55. The van der Waals surface area contributed by atoms with Gasteiger partial charge in [0.15, 0.2) is 0 Å². The third-order valence-electron chi connectivity index (χ3n) is 3.59. The van der Waals surface area contributed by atoms with Crippen LogP contribution in [0.4, 0.5) is 0 Å². The molecule has 0 saturated heterocycles. The van der Waals surface area contributed by atoms with E-state index in [2.05, 4.69) is 10.6 Å². The van der Waals surface area contributed by atoms with Crippen molar-refractivity contribution in [1.29, 1.82) is 0 Å². The van der Waals surface area contributed by atoms with Crippen molar-refractivity contribution in [2.75, 3.05) is 7.11 Å². The minimum Gasteiger partial charge on any atom is -0.497 e. The Labute approximate surface area is 144 Å². The van der Waals surface area contributed by atoms with Crippen molar-refractivity contribution in [2.24, 2.45) is 0 Å². The standard InChI is InChI=1S/C18H18N2O3S/c1-23-14-8-4-12(5-9-14)17(21)20-16(11-15-3-2-10-24-15)18(22)19-13-6-7-13/h2-5,8-11,13H,6-7H2,1H3,(H,19,22)(H,20,21)/b16-11-. The summed E-state index contributed by atoms with van der Waals surface area (Å²) in [6, 6.07) is 10.8. The molecule has 1 aromatic heterocycles. The second-order valence-corrected chi connectivity index (χ2v) is 6.48. The first-order chi connectivity index (χ1) is 11.7. The second kappa shape index (κ2) is 7.31. The van der Waals surface area contributed by atoms with E-state index in [9.17, 15) is 9.59 Å². The lowest BCUT2D eigenvalue weighted by atomic mass is 10.2. The van der Waals surface area contributed by atoms with Crippen molar-refractivity contribution in [3.05, 3.63) is 57.9 Å². The van der Waals surface area contributed by atoms with E-state index in [1.165, 1.54) is 11.3 Å². The Bertz CT molecular complexity index is 747. The Morgan fingerprint density at radius 3 is 2.54 bits per heavy atom. The van der Waals surface area contributed by atoms with Crippen LogP contribution in [0.1, 0.15) is 28.1 Å². The highest BCUT2D eigenvalue weighted by Crippen LogP contribution is 2.20. The zero-order valence-corrected chi connectivity index (χ0v) is 14.1. The molecule has 2 amide bonds. The van der Waals surface area contributed by atoms with E-state index in [1.807, 2.05) is 17.5 Å². The molecule has 3 rings (SSSR count). The maximum absolute atomic E-state index is 12.4. The number of hydrogen-bond donors (Lipinski definition) is 2. The molecule has 2 N–H and O–H groups in total. The molecular formula is C18H18N2O3S. The van der Waals surface area contributed by atoms with Crippen molar-refractivity contribution >= 4 is 29.2 Å². The van der Waals surface area contributed by atoms with Gasteiger partial charge in [-0.3, -0.25) is 9.59 Å². The summed E-state index contributed by atoms with van der Waals surface area (Å²) in [6.07, 6.45) is 3.68. The zero-order valence-electron chi connectivity index (χ0n) is 13.2. The molecule has 2 aromatic rings. The van der Waals surface area contributed by atoms with Crippen LogP contribution in [0.5, 0.6) is 5.75 Å². The summed E-state index contributed by atoms with van der Waals surface area (Å²) in [7, 11) is 1.57. The van der Waals surface area contributed by atoms with E-state index >= 15 is 0 Å². The Morgan fingerprint density at radius 2 is 1.96 bits per heavy atom. The molecular weight excluding hydrogens is 324 g/mol. The first-order valence-electron chi connectivity index (χ1n) is 7.67. The molecule has 1 aromatic carbocycles. The normalized spacial score (nSPS) is 14.1. The molecule has 1 heterocycles. The van der Waals surface area contributed by atoms with Crippen LogP contribution >= 0.6 is 11.3 Å². The second-order valence-electron chi connectivity index (χ2n) is 5.50. The van der Waals surface area contributed by atoms with E-state index in [0.29, 0.717) is 11.3 Å². The van der Waals surface area contributed by atoms with Gasteiger partial charge in [0, 0.05) is 16.5 Å². The number of ether oxygens (including phenoxy) is 1. The van der Waals surface area contributed by atoms with Crippen LogP contribution in [0.2, 0.25) is 0 Å². The average molecular weight is 342 g/mol. The van der Waals surface area contributed by atoms with E-state index < -0.39 is 0 Å². The van der Waals surface area contributed by atoms with Crippen LogP contribution in [0.15, 0.2) is 47.5 Å². The van der Waals surface area contributed by atoms with Crippen LogP contribution in [-0.4, -0.2) is 25.0 Å². The number of amides is 2. The van der Waals surface area contributed by atoms with Gasteiger partial charge in [-0.2, -0.15) is 0 Å². The molecule has 0 bridgehead atoms. The summed E-state index contributed by atoms with van der Waals surface area (Å²) in [4.78, 5) is 25.7. The molecule has 1 aliphatic rings. The van der Waals surface area contributed by atoms with Gasteiger partial charge < -0.3 is 15.4 Å². The van der Waals surface area contributed by atoms with Gasteiger partial charge in [0.25, 0.3) is 11.8 Å². The van der Waals surface area contributed by atoms with Gasteiger partial charge in [-0.15, -0.1) is 11.3 Å². The molecule has 1 saturated carbocycles. The molecule has 0 aliphatic heterocycles. The minimum atomic E-state index is -0.327. The van der Waals surface area contributed by atoms with Gasteiger partial charge in [0.05, 0.1) is 7.11 Å². The first kappa shape index (κ1) is 16.3. The van der Waals surface area contributed by atoms with Crippen LogP contribution in [0, 0.1) is 0 Å². The van der Waals surface area contributed by atoms with Gasteiger partial charge in [-0.25, -0.2) is 0 Å². The SMILES string of the molecule is COc1ccc(C(=O)N/C(=C\c2cccs2)C(=O)NC2CC2)cc1. The highest BCUT2D eigenvalue weighted by molar-refractivity contribution is 7.10. The minimum absolute atomic E-state index is 0.224. The molecule has 24 heavy (non-hydrogen) atoms. The molecule has 0 radical (unpaired) electrons. The summed E-state index contributed by atoms with van der Waals surface area (Å²) in [5.41, 5.74) is 0.720. The van der Waals surface area contributed by atoms with Gasteiger partial charge in [0.1, 0.15) is 11.4 Å². The van der Waals surface area contributed by atoms with Crippen LogP contribution in [-0.2, 0) is 4.79 Å². The number of methoxy groups -OCH3 is 1. The third-order valence-corrected chi connectivity index (χ3v) is 4.41. The molecule has 0 unspecified atom stereocenters. The number of rotatable bonds is 6. The molecule has 124 valence electrons. The highest BCUT2D eigenvalue weighted by Gasteiger charge is 2.25. The number of benzene rings is 1. The average Bonchev–Trinajstić information content (AvgIpc) is 3.26. The van der Waals surface area contributed by atoms with Crippen LogP contribution < -0.4 is 15.4 Å². The third kappa shape index (κ3) is 4.23. The quantitative estimate of drug-likeness (QED) is 0.793. The lowest BCUT2D eigenvalue weighted by Gasteiger charge is -2.10. The fourth-order valence-corrected chi connectivity index (χ4v) is 2.76. The lowest BCUT2D eigenvalue weighted by Crippen LogP contribution is -2.35. The van der Waals surface area contributed by atoms with E-state index in [-0.39, 0.29) is 23.6 Å². The topological polar surface area (TPSA) is 67.4 Å². The maximum atomic E-state index is 12.4. The number of nitrogens with one attached hydrogen (secondary N) is 2. The molecule has 0 spiro atoms. The number of carbonyl (C=O) groups excluding carboxylic acids is 2. The van der Waals surface area contributed by atoms with Crippen molar-refractivity contribution in [2.45, 2.75) is 18.9 Å². The summed E-state index contributed by atoms with van der Waals surface area (Å²) >= 11 is 1.51. The Kier molecular flexibility index (Phi) is 4.96. The van der Waals surface area contributed by atoms with E-state index in [4.69, 9.17) is 4.74 Å². The van der Waals surface area contributed by atoms with Crippen molar-refractivity contribution in [3.8, 4) is 5.75 Å². The molecule has 6 heteroatoms. The van der Waals surface area contributed by atoms with Gasteiger partial charge in [0.2, 0.25) is 0 Å². The molecule has 5 nitrogen and oxygen atoms in total. The number of thiophene rings is 1. The lowest BCUT2D eigenvalue weighted by molar-refractivity contribution is -0.117. The fraction of sp³-hybridized carbons (Fsp3) is 0.222. The summed E-state index contributed by atoms with van der Waals surface area (Å²) in [5.74, 6) is 0.0894. The van der Waals surface area contributed by atoms with Gasteiger partial charge in [-0.1, -0.05) is 6.07 Å². The predicted octanol–water partition coefficient (Wildman–Crippen LogP) is 2.81. The molecule has 1 fully saturated rings. The number of hydrogen-bond acceptors (Lipinski definition) is 4.